The van der Waals surface area contributed by atoms with Gasteiger partial charge in [0.2, 0.25) is 0 Å². The van der Waals surface area contributed by atoms with Crippen LogP contribution in [0.15, 0.2) is 42.5 Å². The van der Waals surface area contributed by atoms with Crippen LogP contribution in [0.3, 0.4) is 0 Å². The maximum atomic E-state index is 5.38. The molecule has 0 spiro atoms. The second kappa shape index (κ2) is 6.01. The fourth-order valence-electron chi connectivity index (χ4n) is 2.14. The van der Waals surface area contributed by atoms with Crippen LogP contribution in [-0.2, 0) is 6.54 Å². The topological polar surface area (TPSA) is 43.4 Å². The van der Waals surface area contributed by atoms with Crippen molar-refractivity contribution in [3.8, 4) is 11.5 Å². The average molecular weight is 300 g/mol. The first-order chi connectivity index (χ1) is 10.3. The van der Waals surface area contributed by atoms with Gasteiger partial charge in [-0.15, -0.1) is 0 Å². The van der Waals surface area contributed by atoms with Gasteiger partial charge in [0.15, 0.2) is 5.13 Å². The summed E-state index contributed by atoms with van der Waals surface area (Å²) in [7, 11) is 3.33. The number of anilines is 1. The normalized spacial score (nSPS) is 10.6. The number of hydrogen-bond donors (Lipinski definition) is 1. The summed E-state index contributed by atoms with van der Waals surface area (Å²) >= 11 is 1.65. The lowest BCUT2D eigenvalue weighted by Crippen LogP contribution is -2.01. The van der Waals surface area contributed by atoms with Crippen molar-refractivity contribution >= 4 is 26.7 Å². The molecule has 0 saturated heterocycles. The van der Waals surface area contributed by atoms with E-state index in [1.54, 1.807) is 25.6 Å². The number of ether oxygens (including phenoxy) is 2. The Labute approximate surface area is 127 Å². The molecule has 0 saturated carbocycles. The molecule has 0 amide bonds. The Morgan fingerprint density at radius 1 is 1.10 bits per heavy atom. The van der Waals surface area contributed by atoms with Crippen LogP contribution in [0.4, 0.5) is 5.13 Å². The van der Waals surface area contributed by atoms with Gasteiger partial charge in [-0.25, -0.2) is 4.98 Å². The van der Waals surface area contributed by atoms with E-state index in [0.29, 0.717) is 6.54 Å². The summed E-state index contributed by atoms with van der Waals surface area (Å²) in [6, 6.07) is 13.9. The summed E-state index contributed by atoms with van der Waals surface area (Å²) in [5, 5.41) is 4.25. The molecule has 0 unspecified atom stereocenters. The Bertz CT molecular complexity index is 722. The molecule has 0 bridgehead atoms. The predicted octanol–water partition coefficient (Wildman–Crippen LogP) is 3.93. The van der Waals surface area contributed by atoms with E-state index in [4.69, 9.17) is 9.47 Å². The van der Waals surface area contributed by atoms with Crippen molar-refractivity contribution in [2.75, 3.05) is 19.5 Å². The summed E-state index contributed by atoms with van der Waals surface area (Å²) in [6.07, 6.45) is 0. The number of methoxy groups -OCH3 is 2. The lowest BCUT2D eigenvalue weighted by atomic mass is 10.2. The van der Waals surface area contributed by atoms with Gasteiger partial charge in [-0.3, -0.25) is 0 Å². The van der Waals surface area contributed by atoms with Gasteiger partial charge < -0.3 is 14.8 Å². The highest BCUT2D eigenvalue weighted by Gasteiger charge is 2.07. The first kappa shape index (κ1) is 13.7. The molecule has 21 heavy (non-hydrogen) atoms. The molecule has 0 radical (unpaired) electrons. The minimum Gasteiger partial charge on any atom is -0.497 e. The second-order valence-corrected chi connectivity index (χ2v) is 5.55. The zero-order valence-electron chi connectivity index (χ0n) is 11.9. The van der Waals surface area contributed by atoms with Gasteiger partial charge in [-0.1, -0.05) is 23.5 Å². The molecule has 108 valence electrons. The highest BCUT2D eigenvalue weighted by Crippen LogP contribution is 2.28. The maximum absolute atomic E-state index is 5.38. The number of rotatable bonds is 5. The molecule has 2 aromatic carbocycles. The van der Waals surface area contributed by atoms with E-state index in [1.807, 2.05) is 36.4 Å². The van der Waals surface area contributed by atoms with Crippen LogP contribution in [0, 0.1) is 0 Å². The average Bonchev–Trinajstić information content (AvgIpc) is 2.95. The van der Waals surface area contributed by atoms with Gasteiger partial charge in [-0.2, -0.15) is 0 Å². The maximum Gasteiger partial charge on any atom is 0.184 e. The van der Waals surface area contributed by atoms with Crippen molar-refractivity contribution in [3.05, 3.63) is 48.0 Å². The molecule has 5 heteroatoms. The molecule has 0 atom stereocenters. The minimum absolute atomic E-state index is 0.639. The first-order valence-electron chi connectivity index (χ1n) is 6.60. The van der Waals surface area contributed by atoms with E-state index in [1.165, 1.54) is 4.70 Å². The summed E-state index contributed by atoms with van der Waals surface area (Å²) in [5.41, 5.74) is 2.05. The van der Waals surface area contributed by atoms with Crippen molar-refractivity contribution in [1.29, 1.82) is 0 Å². The van der Waals surface area contributed by atoms with Crippen LogP contribution in [0.1, 0.15) is 5.56 Å². The summed E-state index contributed by atoms with van der Waals surface area (Å²) in [5.74, 6) is 1.65. The third-order valence-electron chi connectivity index (χ3n) is 3.21. The largest absolute Gasteiger partial charge is 0.497 e. The molecule has 1 aromatic heterocycles. The molecule has 3 rings (SSSR count). The molecule has 0 fully saturated rings. The van der Waals surface area contributed by atoms with Gasteiger partial charge in [-0.05, 0) is 30.3 Å². The van der Waals surface area contributed by atoms with Gasteiger partial charge in [0, 0.05) is 12.1 Å². The monoisotopic (exact) mass is 300 g/mol. The van der Waals surface area contributed by atoms with Crippen LogP contribution in [0.2, 0.25) is 0 Å². The fourth-order valence-corrected chi connectivity index (χ4v) is 3.00. The van der Waals surface area contributed by atoms with Gasteiger partial charge >= 0.3 is 0 Å². The van der Waals surface area contributed by atoms with Gasteiger partial charge in [0.25, 0.3) is 0 Å². The van der Waals surface area contributed by atoms with E-state index in [9.17, 15) is 0 Å². The number of nitrogens with zero attached hydrogens (tertiary/aromatic N) is 1. The number of benzene rings is 2. The van der Waals surface area contributed by atoms with Crippen molar-refractivity contribution in [2.24, 2.45) is 0 Å². The number of fused-ring (bicyclic) bond motifs is 1. The van der Waals surface area contributed by atoms with E-state index in [0.717, 1.165) is 27.7 Å². The molecule has 1 heterocycles. The summed E-state index contributed by atoms with van der Waals surface area (Å²) < 4.78 is 11.8. The number of thiazole rings is 1. The van der Waals surface area contributed by atoms with Gasteiger partial charge in [0.1, 0.15) is 11.5 Å². The number of nitrogens with one attached hydrogen (secondary N) is 1. The molecular weight excluding hydrogens is 284 g/mol. The van der Waals surface area contributed by atoms with Crippen molar-refractivity contribution in [2.45, 2.75) is 6.54 Å². The zero-order valence-corrected chi connectivity index (χ0v) is 12.7. The van der Waals surface area contributed by atoms with E-state index < -0.39 is 0 Å². The van der Waals surface area contributed by atoms with Crippen LogP contribution in [-0.4, -0.2) is 19.2 Å². The lowest BCUT2D eigenvalue weighted by molar-refractivity contribution is 0.399. The van der Waals surface area contributed by atoms with Crippen molar-refractivity contribution in [3.63, 3.8) is 0 Å². The van der Waals surface area contributed by atoms with Crippen LogP contribution in [0.5, 0.6) is 11.5 Å². The predicted molar refractivity (Wildman–Crippen MR) is 86.5 cm³/mol. The molecule has 3 aromatic rings. The quantitative estimate of drug-likeness (QED) is 0.775. The number of aromatic nitrogens is 1. The van der Waals surface area contributed by atoms with E-state index in [2.05, 4.69) is 16.4 Å². The Balaban J connectivity index is 1.80. The molecule has 0 aliphatic rings. The molecule has 0 aliphatic heterocycles. The summed E-state index contributed by atoms with van der Waals surface area (Å²) in [6.45, 7) is 0.639. The molecule has 4 nitrogen and oxygen atoms in total. The minimum atomic E-state index is 0.639. The Morgan fingerprint density at radius 3 is 2.71 bits per heavy atom. The summed E-state index contributed by atoms with van der Waals surface area (Å²) in [4.78, 5) is 4.56. The third kappa shape index (κ3) is 2.92. The standard InChI is InChI=1S/C16H16N2O2S/c1-19-12-7-8-14(20-2)11(9-12)10-17-16-18-13-5-3-4-6-15(13)21-16/h3-9H,10H2,1-2H3,(H,17,18). The Hall–Kier alpha value is -2.27. The lowest BCUT2D eigenvalue weighted by Gasteiger charge is -2.10. The number of para-hydroxylation sites is 1. The Morgan fingerprint density at radius 2 is 1.95 bits per heavy atom. The van der Waals surface area contributed by atoms with Crippen LogP contribution < -0.4 is 14.8 Å². The van der Waals surface area contributed by atoms with Crippen molar-refractivity contribution < 1.29 is 9.47 Å². The highest BCUT2D eigenvalue weighted by atomic mass is 32.1. The zero-order chi connectivity index (χ0) is 14.7. The van der Waals surface area contributed by atoms with E-state index in [-0.39, 0.29) is 0 Å². The first-order valence-corrected chi connectivity index (χ1v) is 7.42. The number of hydrogen-bond acceptors (Lipinski definition) is 5. The molecule has 0 aliphatic carbocycles. The second-order valence-electron chi connectivity index (χ2n) is 4.52. The van der Waals surface area contributed by atoms with E-state index >= 15 is 0 Å². The smallest absolute Gasteiger partial charge is 0.184 e. The molecule has 1 N–H and O–H groups in total. The van der Waals surface area contributed by atoms with Crippen LogP contribution >= 0.6 is 11.3 Å². The molecular formula is C16H16N2O2S. The van der Waals surface area contributed by atoms with Gasteiger partial charge in [0.05, 0.1) is 24.4 Å². The van der Waals surface area contributed by atoms with Crippen molar-refractivity contribution in [1.82, 2.24) is 4.98 Å². The highest BCUT2D eigenvalue weighted by molar-refractivity contribution is 7.22. The van der Waals surface area contributed by atoms with Crippen LogP contribution in [0.25, 0.3) is 10.2 Å². The fraction of sp³-hybridized carbons (Fsp3) is 0.188. The third-order valence-corrected chi connectivity index (χ3v) is 4.21. The Kier molecular flexibility index (Phi) is 3.92. The SMILES string of the molecule is COc1ccc(OC)c(CNc2nc3ccccc3s2)c1.